The van der Waals surface area contributed by atoms with E-state index in [2.05, 4.69) is 0 Å². The number of alkyl halides is 2. The number of halogens is 7. The zero-order valence-electron chi connectivity index (χ0n) is 24.2. The predicted octanol–water partition coefficient (Wildman–Crippen LogP) is 6.32. The van der Waals surface area contributed by atoms with E-state index in [0.29, 0.717) is 12.6 Å². The summed E-state index contributed by atoms with van der Waals surface area (Å²) in [6, 6.07) is 7.63. The van der Waals surface area contributed by atoms with Crippen molar-refractivity contribution in [2.75, 3.05) is 11.9 Å². The van der Waals surface area contributed by atoms with Gasteiger partial charge in [0, 0.05) is 31.6 Å². The maximum Gasteiger partial charge on any atom is 0.339 e. The van der Waals surface area contributed by atoms with Crippen molar-refractivity contribution in [2.24, 2.45) is 0 Å². The van der Waals surface area contributed by atoms with Gasteiger partial charge in [0.2, 0.25) is 27.7 Å². The zero-order valence-corrected chi connectivity index (χ0v) is 25.0. The molecule has 0 radical (unpaired) electrons. The second-order valence-electron chi connectivity index (χ2n) is 10.9. The molecule has 3 aromatic rings. The topological polar surface area (TPSA) is 115 Å². The molecule has 8 nitrogen and oxygen atoms in total. The lowest BCUT2D eigenvalue weighted by Crippen LogP contribution is -2.48. The summed E-state index contributed by atoms with van der Waals surface area (Å²) in [5.41, 5.74) is 0.512. The van der Waals surface area contributed by atoms with E-state index in [1.807, 2.05) is 0 Å². The number of aromatic carboxylic acids is 1. The molecule has 1 amide bonds. The van der Waals surface area contributed by atoms with Crippen LogP contribution in [0.5, 0.6) is 5.75 Å². The fourth-order valence-electron chi connectivity index (χ4n) is 5.16. The van der Waals surface area contributed by atoms with Crippen molar-refractivity contribution in [3.8, 4) is 5.75 Å². The molecule has 0 aliphatic heterocycles. The molecule has 0 aromatic heterocycles. The average Bonchev–Trinajstić information content (AvgIpc) is 3.00. The molecule has 0 spiro atoms. The van der Waals surface area contributed by atoms with Gasteiger partial charge in [0.1, 0.15) is 17.4 Å². The maximum absolute atomic E-state index is 14.5. The number of hydrogen-bond donors (Lipinski definition) is 2. The van der Waals surface area contributed by atoms with Gasteiger partial charge in [-0.15, -0.1) is 0 Å². The monoisotopic (exact) mass is 676 g/mol. The van der Waals surface area contributed by atoms with Gasteiger partial charge >= 0.3 is 5.97 Å². The van der Waals surface area contributed by atoms with Gasteiger partial charge in [-0.25, -0.2) is 43.9 Å². The number of phenols is 1. The fraction of sp³-hybridized carbons (Fsp3) is 0.333. The number of rotatable bonds is 9. The SMILES string of the molecule is C[C@H](C(=O)N(Cc1ccc(C2CCC(F)(F)CC2)cc1)c1ccc(C(=O)O)c(O)c1)N(C)S(=O)(=O)c1c(F)c(F)c(F)c(F)c1F. The van der Waals surface area contributed by atoms with Crippen LogP contribution in [0.15, 0.2) is 47.4 Å². The van der Waals surface area contributed by atoms with Crippen LogP contribution in [0.25, 0.3) is 0 Å². The summed E-state index contributed by atoms with van der Waals surface area (Å²) < 4.78 is 124. The van der Waals surface area contributed by atoms with Crippen LogP contribution in [0.2, 0.25) is 0 Å². The minimum absolute atomic E-state index is 0.105. The van der Waals surface area contributed by atoms with E-state index < -0.39 is 79.2 Å². The number of sulfonamides is 1. The highest BCUT2D eigenvalue weighted by Crippen LogP contribution is 2.41. The smallest absolute Gasteiger partial charge is 0.339 e. The van der Waals surface area contributed by atoms with Gasteiger partial charge in [-0.1, -0.05) is 24.3 Å². The number of hydrogen-bond acceptors (Lipinski definition) is 5. The zero-order chi connectivity index (χ0) is 34.3. The van der Waals surface area contributed by atoms with Gasteiger partial charge in [-0.3, -0.25) is 4.79 Å². The van der Waals surface area contributed by atoms with Gasteiger partial charge in [-0.05, 0) is 48.9 Å². The van der Waals surface area contributed by atoms with Gasteiger partial charge in [0.15, 0.2) is 28.2 Å². The molecule has 2 N–H and O–H groups in total. The first-order chi connectivity index (χ1) is 21.4. The molecule has 16 heteroatoms. The number of anilines is 1. The van der Waals surface area contributed by atoms with E-state index in [9.17, 15) is 59.0 Å². The van der Waals surface area contributed by atoms with Crippen LogP contribution in [0, 0.1) is 29.1 Å². The summed E-state index contributed by atoms with van der Waals surface area (Å²) in [5, 5.41) is 19.5. The molecule has 0 unspecified atom stereocenters. The predicted molar refractivity (Wildman–Crippen MR) is 149 cm³/mol. The Kier molecular flexibility index (Phi) is 9.73. The number of carbonyl (C=O) groups excluding carboxylic acids is 1. The molecule has 3 aromatic carbocycles. The van der Waals surface area contributed by atoms with Gasteiger partial charge in [-0.2, -0.15) is 4.31 Å². The summed E-state index contributed by atoms with van der Waals surface area (Å²) in [5.74, 6) is -19.1. The number of aromatic hydroxyl groups is 1. The molecule has 248 valence electrons. The van der Waals surface area contributed by atoms with Crippen molar-refractivity contribution in [2.45, 2.75) is 61.9 Å². The number of nitrogens with zero attached hydrogens (tertiary/aromatic N) is 2. The van der Waals surface area contributed by atoms with Gasteiger partial charge in [0.05, 0.1) is 6.54 Å². The van der Waals surface area contributed by atoms with Crippen molar-refractivity contribution in [1.82, 2.24) is 4.31 Å². The molecule has 1 saturated carbocycles. The fourth-order valence-corrected chi connectivity index (χ4v) is 6.59. The number of likely N-dealkylation sites (N-methyl/N-ethyl adjacent to an activating group) is 1. The molecular weight excluding hydrogens is 649 g/mol. The number of carboxylic acid groups (broad SMARTS) is 1. The number of amides is 1. The van der Waals surface area contributed by atoms with Crippen LogP contribution in [0.4, 0.5) is 36.4 Å². The van der Waals surface area contributed by atoms with Crippen molar-refractivity contribution >= 4 is 27.6 Å². The van der Waals surface area contributed by atoms with E-state index in [1.54, 1.807) is 24.3 Å². The Labute approximate surface area is 258 Å². The lowest BCUT2D eigenvalue weighted by molar-refractivity contribution is -0.121. The molecule has 1 aliphatic rings. The van der Waals surface area contributed by atoms with Crippen molar-refractivity contribution < 1.29 is 59.0 Å². The second kappa shape index (κ2) is 12.9. The lowest BCUT2D eigenvalue weighted by atomic mass is 9.82. The largest absolute Gasteiger partial charge is 0.507 e. The molecule has 46 heavy (non-hydrogen) atoms. The van der Waals surface area contributed by atoms with Crippen molar-refractivity contribution in [1.29, 1.82) is 0 Å². The summed E-state index contributed by atoms with van der Waals surface area (Å²) in [6.07, 6.45) is -0.0191. The van der Waals surface area contributed by atoms with Gasteiger partial charge in [0.25, 0.3) is 0 Å². The summed E-state index contributed by atoms with van der Waals surface area (Å²) in [6.45, 7) is 0.640. The van der Waals surface area contributed by atoms with Crippen molar-refractivity contribution in [3.05, 3.63) is 88.2 Å². The molecule has 0 bridgehead atoms. The Bertz CT molecular complexity index is 1750. The standard InChI is InChI=1S/C30H27F7N2O6S/c1-15(38(2)46(44,45)27-25(34)23(32)22(31)24(33)26(27)35)28(41)39(19-7-8-20(29(42)43)21(40)13-19)14-16-3-5-17(6-4-16)18-9-11-30(36,37)12-10-18/h3-8,13,15,18,40H,9-12,14H2,1-2H3,(H,42,43)/t15-/m1/s1. The number of carbonyl (C=O) groups is 2. The van der Waals surface area contributed by atoms with E-state index in [-0.39, 0.29) is 48.1 Å². The maximum atomic E-state index is 14.5. The molecule has 1 aliphatic carbocycles. The minimum Gasteiger partial charge on any atom is -0.507 e. The van der Waals surface area contributed by atoms with Gasteiger partial charge < -0.3 is 15.1 Å². The van der Waals surface area contributed by atoms with Crippen LogP contribution < -0.4 is 4.90 Å². The number of benzene rings is 3. The van der Waals surface area contributed by atoms with Crippen LogP contribution in [0.3, 0.4) is 0 Å². The molecule has 1 fully saturated rings. The first kappa shape index (κ1) is 34.7. The molecule has 0 saturated heterocycles. The Morgan fingerprint density at radius 2 is 1.43 bits per heavy atom. The third kappa shape index (κ3) is 6.67. The van der Waals surface area contributed by atoms with Crippen LogP contribution in [-0.2, 0) is 21.4 Å². The summed E-state index contributed by atoms with van der Waals surface area (Å²) >= 11 is 0. The van der Waals surface area contributed by atoms with E-state index in [1.165, 1.54) is 0 Å². The average molecular weight is 677 g/mol. The summed E-state index contributed by atoms with van der Waals surface area (Å²) in [7, 11) is -4.86. The second-order valence-corrected chi connectivity index (χ2v) is 12.8. The molecule has 4 rings (SSSR count). The Morgan fingerprint density at radius 3 is 1.93 bits per heavy atom. The summed E-state index contributed by atoms with van der Waals surface area (Å²) in [4.78, 5) is 23.9. The van der Waals surface area contributed by atoms with Crippen molar-refractivity contribution in [3.63, 3.8) is 0 Å². The Hall–Kier alpha value is -4.18. The van der Waals surface area contributed by atoms with Crippen LogP contribution >= 0.6 is 0 Å². The van der Waals surface area contributed by atoms with E-state index >= 15 is 0 Å². The van der Waals surface area contributed by atoms with E-state index in [0.717, 1.165) is 35.6 Å². The minimum atomic E-state index is -5.54. The molecule has 0 heterocycles. The highest BCUT2D eigenvalue weighted by molar-refractivity contribution is 7.89. The van der Waals surface area contributed by atoms with Crippen LogP contribution in [-0.4, -0.2) is 53.8 Å². The molecule has 1 atom stereocenters. The quantitative estimate of drug-likeness (QED) is 0.156. The normalized spacial score (nSPS) is 16.0. The third-order valence-corrected chi connectivity index (χ3v) is 9.96. The first-order valence-electron chi connectivity index (χ1n) is 13.7. The lowest BCUT2D eigenvalue weighted by Gasteiger charge is -2.31. The first-order valence-corrected chi connectivity index (χ1v) is 15.1. The Morgan fingerprint density at radius 1 is 0.913 bits per heavy atom. The van der Waals surface area contributed by atoms with Crippen LogP contribution in [0.1, 0.15) is 60.0 Å². The van der Waals surface area contributed by atoms with E-state index in [4.69, 9.17) is 0 Å². The highest BCUT2D eigenvalue weighted by atomic mass is 32.2. The third-order valence-electron chi connectivity index (χ3n) is 8.01. The Balaban J connectivity index is 1.69. The highest BCUT2D eigenvalue weighted by Gasteiger charge is 2.40. The number of carboxylic acids is 1. The molecular formula is C30H27F7N2O6S.